The van der Waals surface area contributed by atoms with Crippen LogP contribution in [0.15, 0.2) is 12.1 Å². The number of piperidine rings is 2. The molecule has 1 aromatic rings. The molecule has 3 fully saturated rings. The number of rotatable bonds is 7. The van der Waals surface area contributed by atoms with E-state index < -0.39 is 0 Å². The lowest BCUT2D eigenvalue weighted by Gasteiger charge is -2.41. The number of carbonyl (C=O) groups excluding carboxylic acids is 2. The van der Waals surface area contributed by atoms with Crippen LogP contribution >= 0.6 is 11.6 Å². The number of likely N-dealkylation sites (tertiary alicyclic amines) is 2. The predicted molar refractivity (Wildman–Crippen MR) is 141 cm³/mol. The van der Waals surface area contributed by atoms with E-state index in [0.29, 0.717) is 33.8 Å². The van der Waals surface area contributed by atoms with Gasteiger partial charge in [0.1, 0.15) is 5.75 Å². The van der Waals surface area contributed by atoms with E-state index in [2.05, 4.69) is 15.1 Å². The molecule has 2 heterocycles. The fraction of sp³-hybridized carbons (Fsp3) is 0.704. The van der Waals surface area contributed by atoms with Crippen LogP contribution in [-0.4, -0.2) is 80.7 Å². The van der Waals surface area contributed by atoms with E-state index in [4.69, 9.17) is 26.8 Å². The molecule has 36 heavy (non-hydrogen) atoms. The van der Waals surface area contributed by atoms with E-state index >= 15 is 0 Å². The Morgan fingerprint density at radius 2 is 1.78 bits per heavy atom. The van der Waals surface area contributed by atoms with E-state index in [0.717, 1.165) is 64.8 Å². The van der Waals surface area contributed by atoms with Crippen LogP contribution < -0.4 is 15.8 Å². The molecular formula is C27H41ClN4O4. The Balaban J connectivity index is 1.26. The van der Waals surface area contributed by atoms with E-state index in [1.54, 1.807) is 19.2 Å². The molecule has 0 spiro atoms. The maximum atomic E-state index is 13.0. The number of methoxy groups -OCH3 is 2. The summed E-state index contributed by atoms with van der Waals surface area (Å²) in [7, 11) is 3.20. The zero-order chi connectivity index (χ0) is 25.7. The first-order valence-electron chi connectivity index (χ1n) is 13.4. The number of carbonyl (C=O) groups is 2. The number of ether oxygens (including phenoxy) is 2. The lowest BCUT2D eigenvalue weighted by Crippen LogP contribution is -2.55. The number of hydrogen-bond acceptors (Lipinski definition) is 6. The fourth-order valence-electron chi connectivity index (χ4n) is 6.02. The highest BCUT2D eigenvalue weighted by Gasteiger charge is 2.34. The number of anilines is 1. The maximum Gasteiger partial charge on any atom is 0.255 e. The van der Waals surface area contributed by atoms with Gasteiger partial charge in [-0.3, -0.25) is 9.59 Å². The third-order valence-electron chi connectivity index (χ3n) is 8.22. The van der Waals surface area contributed by atoms with Crippen LogP contribution in [0.2, 0.25) is 5.02 Å². The third-order valence-corrected chi connectivity index (χ3v) is 8.55. The summed E-state index contributed by atoms with van der Waals surface area (Å²) in [5.74, 6) is 1.39. The number of nitrogens with one attached hydrogen (secondary N) is 1. The van der Waals surface area contributed by atoms with Gasteiger partial charge >= 0.3 is 0 Å². The molecule has 2 aliphatic heterocycles. The largest absolute Gasteiger partial charge is 0.496 e. The molecule has 0 unspecified atom stereocenters. The molecule has 0 radical (unpaired) electrons. The van der Waals surface area contributed by atoms with Crippen molar-refractivity contribution in [3.63, 3.8) is 0 Å². The maximum absolute atomic E-state index is 13.0. The highest BCUT2D eigenvalue weighted by atomic mass is 35.5. The average Bonchev–Trinajstić information content (AvgIpc) is 2.91. The summed E-state index contributed by atoms with van der Waals surface area (Å²) < 4.78 is 11.1. The minimum absolute atomic E-state index is 0.102. The normalized spacial score (nSPS) is 24.5. The van der Waals surface area contributed by atoms with Crippen LogP contribution in [0, 0.1) is 11.8 Å². The summed E-state index contributed by atoms with van der Waals surface area (Å²) in [5.41, 5.74) is 6.59. The van der Waals surface area contributed by atoms with E-state index in [9.17, 15) is 9.59 Å². The second kappa shape index (κ2) is 12.5. The fourth-order valence-corrected chi connectivity index (χ4v) is 6.18. The minimum Gasteiger partial charge on any atom is -0.496 e. The third kappa shape index (κ3) is 6.45. The quantitative estimate of drug-likeness (QED) is 0.533. The number of hydrogen-bond donors (Lipinski definition) is 2. The van der Waals surface area contributed by atoms with Crippen molar-refractivity contribution in [3.8, 4) is 5.75 Å². The van der Waals surface area contributed by atoms with Gasteiger partial charge in [-0.15, -0.1) is 0 Å². The second-order valence-electron chi connectivity index (χ2n) is 10.6. The highest BCUT2D eigenvalue weighted by molar-refractivity contribution is 6.33. The summed E-state index contributed by atoms with van der Waals surface area (Å²) in [6.45, 7) is 4.43. The number of nitrogens with two attached hydrogens (primary N) is 1. The van der Waals surface area contributed by atoms with Crippen LogP contribution in [-0.2, 0) is 9.53 Å². The van der Waals surface area contributed by atoms with E-state index in [-0.39, 0.29) is 24.0 Å². The molecule has 0 bridgehead atoms. The molecule has 0 aromatic heterocycles. The van der Waals surface area contributed by atoms with Crippen LogP contribution in [0.3, 0.4) is 0 Å². The molecular weight excluding hydrogens is 480 g/mol. The predicted octanol–water partition coefficient (Wildman–Crippen LogP) is 3.57. The molecule has 1 aromatic carbocycles. The van der Waals surface area contributed by atoms with Crippen LogP contribution in [0.25, 0.3) is 0 Å². The van der Waals surface area contributed by atoms with Crippen molar-refractivity contribution < 1.29 is 19.1 Å². The van der Waals surface area contributed by atoms with Crippen LogP contribution in [0.4, 0.5) is 5.69 Å². The van der Waals surface area contributed by atoms with Gasteiger partial charge in [-0.05, 0) is 44.1 Å². The Morgan fingerprint density at radius 1 is 1.06 bits per heavy atom. The molecule has 1 saturated carbocycles. The Bertz CT molecular complexity index is 915. The van der Waals surface area contributed by atoms with Gasteiger partial charge in [0.05, 0.1) is 35.5 Å². The Morgan fingerprint density at radius 3 is 2.44 bits per heavy atom. The molecule has 9 heteroatoms. The number of amides is 2. The van der Waals surface area contributed by atoms with Gasteiger partial charge in [0.2, 0.25) is 5.91 Å². The molecule has 3 aliphatic rings. The van der Waals surface area contributed by atoms with Crippen LogP contribution in [0.5, 0.6) is 5.75 Å². The number of halogens is 1. The lowest BCUT2D eigenvalue weighted by molar-refractivity contribution is -0.138. The minimum atomic E-state index is -0.246. The Kier molecular flexibility index (Phi) is 9.36. The van der Waals surface area contributed by atoms with Crippen LogP contribution in [0.1, 0.15) is 61.7 Å². The SMILES string of the molecule is COc1cc(N)c(Cl)cc1C(=O)N[C@H]1CCN(CC2CCN(C(=O)C3CCCCC3)CC2)C[C@H]1OC. The summed E-state index contributed by atoms with van der Waals surface area (Å²) in [5, 5.41) is 3.44. The number of benzene rings is 1. The van der Waals surface area contributed by atoms with E-state index in [1.165, 1.54) is 26.4 Å². The molecule has 1 aliphatic carbocycles. The second-order valence-corrected chi connectivity index (χ2v) is 11.0. The van der Waals surface area contributed by atoms with Gasteiger partial charge in [0, 0.05) is 51.8 Å². The molecule has 2 atom stereocenters. The zero-order valence-corrected chi connectivity index (χ0v) is 22.4. The standard InChI is InChI=1S/C27H41ClN4O4/c1-35-24-15-22(29)21(28)14-20(24)26(33)30-23-10-11-31(17-25(23)36-2)16-18-8-12-32(13-9-18)27(34)19-6-4-3-5-7-19/h14-15,18-19,23,25H,3-13,16-17,29H2,1-2H3,(H,30,33)/t23-,25+/m0/s1. The van der Waals surface area contributed by atoms with Gasteiger partial charge < -0.3 is 30.3 Å². The Labute approximate surface area is 219 Å². The summed E-state index contributed by atoms with van der Waals surface area (Å²) in [6, 6.07) is 3.02. The van der Waals surface area contributed by atoms with Crippen molar-refractivity contribution >= 4 is 29.1 Å². The molecule has 8 nitrogen and oxygen atoms in total. The van der Waals surface area contributed by atoms with Gasteiger partial charge in [-0.25, -0.2) is 0 Å². The van der Waals surface area contributed by atoms with Gasteiger partial charge in [0.15, 0.2) is 0 Å². The Hall–Kier alpha value is -2.03. The van der Waals surface area contributed by atoms with Crippen molar-refractivity contribution in [1.29, 1.82) is 0 Å². The number of nitrogen functional groups attached to an aromatic ring is 1. The summed E-state index contributed by atoms with van der Waals surface area (Å²) >= 11 is 6.15. The first kappa shape index (κ1) is 27.0. The first-order chi connectivity index (χ1) is 17.4. The highest BCUT2D eigenvalue weighted by Crippen LogP contribution is 2.30. The molecule has 200 valence electrons. The topological polar surface area (TPSA) is 97.1 Å². The van der Waals surface area contributed by atoms with Crippen molar-refractivity contribution in [2.75, 3.05) is 52.7 Å². The lowest BCUT2D eigenvalue weighted by atomic mass is 9.87. The van der Waals surface area contributed by atoms with Gasteiger partial charge in [-0.2, -0.15) is 0 Å². The summed E-state index contributed by atoms with van der Waals surface area (Å²) in [4.78, 5) is 30.5. The number of nitrogens with zero attached hydrogens (tertiary/aromatic N) is 2. The van der Waals surface area contributed by atoms with Gasteiger partial charge in [0.25, 0.3) is 5.91 Å². The van der Waals surface area contributed by atoms with Gasteiger partial charge in [-0.1, -0.05) is 30.9 Å². The molecule has 3 N–H and O–H groups in total. The smallest absolute Gasteiger partial charge is 0.255 e. The molecule has 2 amide bonds. The van der Waals surface area contributed by atoms with Crippen molar-refractivity contribution in [3.05, 3.63) is 22.7 Å². The van der Waals surface area contributed by atoms with Crippen molar-refractivity contribution in [2.45, 2.75) is 63.5 Å². The monoisotopic (exact) mass is 520 g/mol. The van der Waals surface area contributed by atoms with Crippen molar-refractivity contribution in [1.82, 2.24) is 15.1 Å². The van der Waals surface area contributed by atoms with Crippen molar-refractivity contribution in [2.24, 2.45) is 11.8 Å². The zero-order valence-electron chi connectivity index (χ0n) is 21.6. The molecule has 4 rings (SSSR count). The molecule has 2 saturated heterocycles. The summed E-state index contributed by atoms with van der Waals surface area (Å²) in [6.07, 6.45) is 8.63. The average molecular weight is 521 g/mol. The first-order valence-corrected chi connectivity index (χ1v) is 13.7. The van der Waals surface area contributed by atoms with E-state index in [1.807, 2.05) is 0 Å².